The Morgan fingerprint density at radius 2 is 2.00 bits per heavy atom. The lowest BCUT2D eigenvalue weighted by Crippen LogP contribution is -2.49. The molecule has 2 nitrogen and oxygen atoms in total. The summed E-state index contributed by atoms with van der Waals surface area (Å²) in [6.07, 6.45) is 3.16. The van der Waals surface area contributed by atoms with E-state index in [0.717, 1.165) is 18.4 Å². The maximum Gasteiger partial charge on any atom is 0.230 e. The fourth-order valence-electron chi connectivity index (χ4n) is 3.60. The molecule has 2 aliphatic carbocycles. The number of fused-ring (bicyclic) bond motifs is 2. The van der Waals surface area contributed by atoms with Gasteiger partial charge < -0.3 is 5.32 Å². The summed E-state index contributed by atoms with van der Waals surface area (Å²) in [5.74, 6) is 0.837. The molecule has 0 spiro atoms. The molecule has 96 valence electrons. The van der Waals surface area contributed by atoms with Crippen molar-refractivity contribution in [2.75, 3.05) is 0 Å². The van der Waals surface area contributed by atoms with E-state index in [-0.39, 0.29) is 22.3 Å². The zero-order valence-electron chi connectivity index (χ0n) is 11.8. The first kappa shape index (κ1) is 12.7. The van der Waals surface area contributed by atoms with Gasteiger partial charge in [0, 0.05) is 5.54 Å². The third-order valence-electron chi connectivity index (χ3n) is 4.81. The minimum Gasteiger partial charge on any atom is -0.351 e. The Labute approximate surface area is 105 Å². The van der Waals surface area contributed by atoms with Crippen molar-refractivity contribution in [1.29, 1.82) is 0 Å². The van der Waals surface area contributed by atoms with Gasteiger partial charge in [0.25, 0.3) is 0 Å². The Morgan fingerprint density at radius 1 is 1.41 bits per heavy atom. The number of carbonyl (C=O) groups is 1. The van der Waals surface area contributed by atoms with E-state index in [1.807, 2.05) is 20.8 Å². The van der Waals surface area contributed by atoms with Crippen LogP contribution in [0.3, 0.4) is 0 Å². The summed E-state index contributed by atoms with van der Waals surface area (Å²) in [5.41, 5.74) is 0.856. The van der Waals surface area contributed by atoms with E-state index in [1.165, 1.54) is 6.42 Å². The van der Waals surface area contributed by atoms with E-state index < -0.39 is 0 Å². The van der Waals surface area contributed by atoms with E-state index in [1.54, 1.807) is 0 Å². The van der Waals surface area contributed by atoms with Crippen LogP contribution in [-0.2, 0) is 4.79 Å². The fraction of sp³-hybridized carbons (Fsp3) is 0.800. The molecular weight excluding hydrogens is 210 g/mol. The molecule has 0 aliphatic heterocycles. The Balaban J connectivity index is 2.27. The average molecular weight is 235 g/mol. The molecule has 1 N–H and O–H groups in total. The predicted octanol–water partition coefficient (Wildman–Crippen LogP) is 3.28. The highest BCUT2D eigenvalue weighted by Gasteiger charge is 2.61. The molecule has 1 amide bonds. The van der Waals surface area contributed by atoms with Crippen molar-refractivity contribution >= 4 is 5.91 Å². The molecule has 2 saturated carbocycles. The minimum absolute atomic E-state index is 0.132. The molecular formula is C15H25NO. The van der Waals surface area contributed by atoms with Crippen LogP contribution in [0.2, 0.25) is 0 Å². The molecule has 2 fully saturated rings. The number of carbonyl (C=O) groups excluding carboxylic acids is 1. The highest BCUT2D eigenvalue weighted by atomic mass is 16.2. The third-order valence-corrected chi connectivity index (χ3v) is 4.81. The minimum atomic E-state index is -0.276. The fourth-order valence-corrected chi connectivity index (χ4v) is 3.60. The summed E-state index contributed by atoms with van der Waals surface area (Å²) in [5, 5.41) is 3.15. The first-order valence-corrected chi connectivity index (χ1v) is 6.62. The van der Waals surface area contributed by atoms with Crippen molar-refractivity contribution in [3.63, 3.8) is 0 Å². The molecule has 2 heteroatoms. The Bertz CT molecular complexity index is 375. The zero-order chi connectivity index (χ0) is 13.1. The number of amides is 1. The maximum absolute atomic E-state index is 12.6. The lowest BCUT2D eigenvalue weighted by Gasteiger charge is -2.38. The van der Waals surface area contributed by atoms with E-state index in [0.29, 0.717) is 5.92 Å². The van der Waals surface area contributed by atoms with Crippen LogP contribution in [0.15, 0.2) is 12.2 Å². The largest absolute Gasteiger partial charge is 0.351 e. The molecule has 0 unspecified atom stereocenters. The molecule has 0 radical (unpaired) electrons. The van der Waals surface area contributed by atoms with Gasteiger partial charge in [0.05, 0.1) is 5.41 Å². The van der Waals surface area contributed by atoms with Crippen molar-refractivity contribution in [3.05, 3.63) is 12.2 Å². The summed E-state index contributed by atoms with van der Waals surface area (Å²) >= 11 is 0. The van der Waals surface area contributed by atoms with Crippen LogP contribution >= 0.6 is 0 Å². The van der Waals surface area contributed by atoms with Crippen LogP contribution < -0.4 is 5.32 Å². The molecule has 0 aromatic carbocycles. The van der Waals surface area contributed by atoms with Crippen molar-refractivity contribution < 1.29 is 4.79 Å². The zero-order valence-corrected chi connectivity index (χ0v) is 11.8. The molecule has 0 aromatic heterocycles. The molecule has 2 bridgehead atoms. The number of hydrogen-bond acceptors (Lipinski definition) is 1. The second-order valence-electron chi connectivity index (χ2n) is 7.43. The SMILES string of the molecule is C=C1C(C)(C)[C@@H]2CC[C@@]1(C(=O)NC(C)(C)C)C2. The van der Waals surface area contributed by atoms with Crippen LogP contribution in [0, 0.1) is 16.7 Å². The molecule has 0 saturated heterocycles. The summed E-state index contributed by atoms with van der Waals surface area (Å²) in [6.45, 7) is 14.9. The van der Waals surface area contributed by atoms with E-state index in [4.69, 9.17) is 0 Å². The van der Waals surface area contributed by atoms with Crippen LogP contribution in [0.25, 0.3) is 0 Å². The van der Waals surface area contributed by atoms with E-state index in [9.17, 15) is 4.79 Å². The highest BCUT2D eigenvalue weighted by molar-refractivity contribution is 5.88. The standard InChI is InChI=1S/C15H25NO/c1-10-14(5,6)11-7-8-15(10,9-11)12(17)16-13(2,3)4/h11H,1,7-9H2,2-6H3,(H,16,17)/t11-,15-/m1/s1. The van der Waals surface area contributed by atoms with Crippen LogP contribution in [0.4, 0.5) is 0 Å². The highest BCUT2D eigenvalue weighted by Crippen LogP contribution is 2.65. The van der Waals surface area contributed by atoms with Crippen molar-refractivity contribution in [2.24, 2.45) is 16.7 Å². The van der Waals surface area contributed by atoms with Crippen LogP contribution in [-0.4, -0.2) is 11.4 Å². The number of hydrogen-bond donors (Lipinski definition) is 1. The molecule has 2 atom stereocenters. The van der Waals surface area contributed by atoms with E-state index >= 15 is 0 Å². The van der Waals surface area contributed by atoms with Gasteiger partial charge in [-0.25, -0.2) is 0 Å². The van der Waals surface area contributed by atoms with Gasteiger partial charge in [-0.05, 0) is 51.4 Å². The normalized spacial score (nSPS) is 35.1. The molecule has 2 aliphatic rings. The quantitative estimate of drug-likeness (QED) is 0.694. The molecule has 0 heterocycles. The molecule has 17 heavy (non-hydrogen) atoms. The summed E-state index contributed by atoms with van der Waals surface area (Å²) in [6, 6.07) is 0. The topological polar surface area (TPSA) is 29.1 Å². The summed E-state index contributed by atoms with van der Waals surface area (Å²) in [4.78, 5) is 12.6. The smallest absolute Gasteiger partial charge is 0.230 e. The number of rotatable bonds is 1. The van der Waals surface area contributed by atoms with Gasteiger partial charge in [0.15, 0.2) is 0 Å². The lowest BCUT2D eigenvalue weighted by atomic mass is 9.68. The van der Waals surface area contributed by atoms with Crippen LogP contribution in [0.5, 0.6) is 0 Å². The van der Waals surface area contributed by atoms with Crippen LogP contribution in [0.1, 0.15) is 53.9 Å². The van der Waals surface area contributed by atoms with Gasteiger partial charge in [-0.3, -0.25) is 4.79 Å². The van der Waals surface area contributed by atoms with Crippen molar-refractivity contribution in [1.82, 2.24) is 5.32 Å². The Morgan fingerprint density at radius 3 is 2.41 bits per heavy atom. The van der Waals surface area contributed by atoms with Gasteiger partial charge in [-0.1, -0.05) is 26.0 Å². The average Bonchev–Trinajstić information content (AvgIpc) is 2.65. The monoisotopic (exact) mass is 235 g/mol. The van der Waals surface area contributed by atoms with Gasteiger partial charge in [0.1, 0.15) is 0 Å². The predicted molar refractivity (Wildman–Crippen MR) is 70.6 cm³/mol. The van der Waals surface area contributed by atoms with Gasteiger partial charge in [-0.15, -0.1) is 0 Å². The maximum atomic E-state index is 12.6. The number of nitrogens with one attached hydrogen (secondary N) is 1. The Kier molecular flexibility index (Phi) is 2.51. The van der Waals surface area contributed by atoms with Crippen molar-refractivity contribution in [3.8, 4) is 0 Å². The first-order chi connectivity index (χ1) is 7.59. The van der Waals surface area contributed by atoms with Crippen molar-refractivity contribution in [2.45, 2.75) is 59.4 Å². The first-order valence-electron chi connectivity index (χ1n) is 6.62. The summed E-state index contributed by atoms with van der Waals surface area (Å²) < 4.78 is 0. The second-order valence-corrected chi connectivity index (χ2v) is 7.43. The third kappa shape index (κ3) is 1.73. The summed E-state index contributed by atoms with van der Waals surface area (Å²) in [7, 11) is 0. The van der Waals surface area contributed by atoms with Gasteiger partial charge in [0.2, 0.25) is 5.91 Å². The molecule has 2 rings (SSSR count). The van der Waals surface area contributed by atoms with Gasteiger partial charge in [-0.2, -0.15) is 0 Å². The van der Waals surface area contributed by atoms with Gasteiger partial charge >= 0.3 is 0 Å². The van der Waals surface area contributed by atoms with E-state index in [2.05, 4.69) is 25.7 Å². The lowest BCUT2D eigenvalue weighted by molar-refractivity contribution is -0.130. The second kappa shape index (κ2) is 3.37. The molecule has 0 aromatic rings. The Hall–Kier alpha value is -0.790.